The second-order valence-electron chi connectivity index (χ2n) is 5.62. The van der Waals surface area contributed by atoms with Gasteiger partial charge in [-0.3, -0.25) is 0 Å². The zero-order valence-electron chi connectivity index (χ0n) is 13.2. The van der Waals surface area contributed by atoms with Crippen LogP contribution in [0.3, 0.4) is 0 Å². The topological polar surface area (TPSA) is 54.5 Å². The van der Waals surface area contributed by atoms with E-state index < -0.39 is 0 Å². The summed E-state index contributed by atoms with van der Waals surface area (Å²) < 4.78 is 4.95. The first-order chi connectivity index (χ1) is 10.7. The van der Waals surface area contributed by atoms with Crippen LogP contribution >= 0.6 is 0 Å². The summed E-state index contributed by atoms with van der Waals surface area (Å²) in [5, 5.41) is 5.42. The molecule has 0 aliphatic carbocycles. The normalized spacial score (nSPS) is 17.8. The quantitative estimate of drug-likeness (QED) is 0.883. The fraction of sp³-hybridized carbons (Fsp3) is 0.412. The summed E-state index contributed by atoms with van der Waals surface area (Å²) in [6.07, 6.45) is 3.63. The van der Waals surface area contributed by atoms with E-state index in [0.29, 0.717) is 0 Å². The molecule has 0 radical (unpaired) electrons. The van der Waals surface area contributed by atoms with Crippen LogP contribution in [0.2, 0.25) is 0 Å². The zero-order valence-corrected chi connectivity index (χ0v) is 13.2. The number of anilines is 2. The molecule has 0 bridgehead atoms. The van der Waals surface area contributed by atoms with E-state index in [2.05, 4.69) is 34.3 Å². The van der Waals surface area contributed by atoms with Crippen molar-refractivity contribution in [2.75, 3.05) is 30.9 Å². The molecule has 1 unspecified atom stereocenters. The molecule has 3 rings (SSSR count). The number of carbonyl (C=O) groups excluding carboxylic acids is 1. The summed E-state index contributed by atoms with van der Waals surface area (Å²) in [5.74, 6) is 0.693. The van der Waals surface area contributed by atoms with Crippen LogP contribution in [0.15, 0.2) is 24.4 Å². The van der Waals surface area contributed by atoms with E-state index in [0.717, 1.165) is 47.2 Å². The Morgan fingerprint density at radius 2 is 2.27 bits per heavy atom. The molecule has 22 heavy (non-hydrogen) atoms. The van der Waals surface area contributed by atoms with Crippen molar-refractivity contribution in [3.8, 4) is 0 Å². The van der Waals surface area contributed by atoms with Gasteiger partial charge in [0.05, 0.1) is 19.0 Å². The molecular formula is C17H21N3O2. The maximum Gasteiger partial charge on any atom is 0.328 e. The lowest BCUT2D eigenvalue weighted by atomic mass is 10.0. The third-order valence-electron chi connectivity index (χ3n) is 4.37. The van der Waals surface area contributed by atoms with E-state index in [9.17, 15) is 4.79 Å². The summed E-state index contributed by atoms with van der Waals surface area (Å²) in [7, 11) is 3.34. The number of fused-ring (bicyclic) bond motifs is 1. The number of esters is 1. The fourth-order valence-corrected chi connectivity index (χ4v) is 3.27. The van der Waals surface area contributed by atoms with Crippen molar-refractivity contribution in [3.05, 3.63) is 30.0 Å². The van der Waals surface area contributed by atoms with Gasteiger partial charge >= 0.3 is 5.97 Å². The van der Waals surface area contributed by atoms with Gasteiger partial charge in [-0.15, -0.1) is 0 Å². The number of pyridine rings is 1. The van der Waals surface area contributed by atoms with Crippen molar-refractivity contribution < 1.29 is 9.53 Å². The van der Waals surface area contributed by atoms with Crippen LogP contribution in [0.4, 0.5) is 11.5 Å². The molecule has 5 heteroatoms. The third kappa shape index (κ3) is 2.26. The van der Waals surface area contributed by atoms with Gasteiger partial charge < -0.3 is 15.0 Å². The SMILES string of the molecule is CNc1cnc(N2CCCC2C(=O)OC)c2c(C)cccc12. The Morgan fingerprint density at radius 3 is 3.00 bits per heavy atom. The molecule has 1 N–H and O–H groups in total. The number of hydrogen-bond acceptors (Lipinski definition) is 5. The van der Waals surface area contributed by atoms with Crippen LogP contribution in [0.1, 0.15) is 18.4 Å². The smallest absolute Gasteiger partial charge is 0.328 e. The Kier molecular flexibility index (Phi) is 3.88. The summed E-state index contributed by atoms with van der Waals surface area (Å²) in [6, 6.07) is 5.98. The monoisotopic (exact) mass is 299 g/mol. The number of methoxy groups -OCH3 is 1. The van der Waals surface area contributed by atoms with Crippen LogP contribution in [0.25, 0.3) is 10.8 Å². The second kappa shape index (κ2) is 5.83. The molecule has 2 heterocycles. The van der Waals surface area contributed by atoms with Gasteiger partial charge in [0.1, 0.15) is 11.9 Å². The first-order valence-corrected chi connectivity index (χ1v) is 7.58. The molecule has 2 aromatic rings. The van der Waals surface area contributed by atoms with Gasteiger partial charge in [-0.25, -0.2) is 9.78 Å². The number of aryl methyl sites for hydroxylation is 1. The van der Waals surface area contributed by atoms with Gasteiger partial charge in [0.25, 0.3) is 0 Å². The molecule has 1 aromatic heterocycles. The van der Waals surface area contributed by atoms with Crippen LogP contribution in [0, 0.1) is 6.92 Å². The van der Waals surface area contributed by atoms with Crippen molar-refractivity contribution in [1.29, 1.82) is 0 Å². The van der Waals surface area contributed by atoms with Crippen molar-refractivity contribution in [2.24, 2.45) is 0 Å². The lowest BCUT2D eigenvalue weighted by Crippen LogP contribution is -2.37. The largest absolute Gasteiger partial charge is 0.467 e. The minimum atomic E-state index is -0.235. The van der Waals surface area contributed by atoms with Crippen molar-refractivity contribution in [1.82, 2.24) is 4.98 Å². The third-order valence-corrected chi connectivity index (χ3v) is 4.37. The highest BCUT2D eigenvalue weighted by atomic mass is 16.5. The Labute approximate surface area is 130 Å². The molecule has 5 nitrogen and oxygen atoms in total. The van der Waals surface area contributed by atoms with E-state index in [1.807, 2.05) is 19.3 Å². The molecule has 0 spiro atoms. The van der Waals surface area contributed by atoms with Gasteiger partial charge in [0.2, 0.25) is 0 Å². The Morgan fingerprint density at radius 1 is 1.45 bits per heavy atom. The number of benzene rings is 1. The highest BCUT2D eigenvalue weighted by Crippen LogP contribution is 2.35. The predicted molar refractivity (Wildman–Crippen MR) is 88.4 cm³/mol. The Hall–Kier alpha value is -2.30. The van der Waals surface area contributed by atoms with Gasteiger partial charge in [0, 0.05) is 24.4 Å². The second-order valence-corrected chi connectivity index (χ2v) is 5.62. The van der Waals surface area contributed by atoms with Crippen LogP contribution in [0.5, 0.6) is 0 Å². The average Bonchev–Trinajstić information content (AvgIpc) is 3.02. The minimum absolute atomic E-state index is 0.182. The lowest BCUT2D eigenvalue weighted by molar-refractivity contribution is -0.141. The molecule has 1 aromatic carbocycles. The number of ether oxygens (including phenoxy) is 1. The van der Waals surface area contributed by atoms with Crippen molar-refractivity contribution in [2.45, 2.75) is 25.8 Å². The Balaban J connectivity index is 2.17. The highest BCUT2D eigenvalue weighted by Gasteiger charge is 2.33. The van der Waals surface area contributed by atoms with E-state index in [4.69, 9.17) is 4.74 Å². The number of hydrogen-bond donors (Lipinski definition) is 1. The number of carbonyl (C=O) groups is 1. The summed E-state index contributed by atoms with van der Waals surface area (Å²) in [5.41, 5.74) is 2.16. The first-order valence-electron chi connectivity index (χ1n) is 7.58. The highest BCUT2D eigenvalue weighted by molar-refractivity contribution is 6.03. The number of nitrogens with one attached hydrogen (secondary N) is 1. The molecule has 1 atom stereocenters. The standard InChI is InChI=1S/C17H21N3O2/c1-11-6-4-7-12-13(18-2)10-19-16(15(11)12)20-9-5-8-14(20)17(21)22-3/h4,6-7,10,14,18H,5,8-9H2,1-3H3. The molecule has 1 aliphatic rings. The van der Waals surface area contributed by atoms with Gasteiger partial charge in [0.15, 0.2) is 0 Å². The maximum absolute atomic E-state index is 12.0. The zero-order chi connectivity index (χ0) is 15.7. The Bertz CT molecular complexity index is 714. The molecule has 0 saturated carbocycles. The molecule has 1 saturated heterocycles. The summed E-state index contributed by atoms with van der Waals surface area (Å²) in [6.45, 7) is 2.91. The van der Waals surface area contributed by atoms with Crippen LogP contribution in [-0.4, -0.2) is 37.7 Å². The first kappa shape index (κ1) is 14.6. The van der Waals surface area contributed by atoms with E-state index in [1.165, 1.54) is 7.11 Å². The van der Waals surface area contributed by atoms with E-state index in [-0.39, 0.29) is 12.0 Å². The number of rotatable bonds is 3. The predicted octanol–water partition coefficient (Wildman–Crippen LogP) is 2.73. The number of aromatic nitrogens is 1. The van der Waals surface area contributed by atoms with E-state index in [1.54, 1.807) is 0 Å². The van der Waals surface area contributed by atoms with Crippen molar-refractivity contribution >= 4 is 28.2 Å². The summed E-state index contributed by atoms with van der Waals surface area (Å²) >= 11 is 0. The summed E-state index contributed by atoms with van der Waals surface area (Å²) in [4.78, 5) is 18.8. The van der Waals surface area contributed by atoms with Crippen LogP contribution in [-0.2, 0) is 9.53 Å². The number of nitrogens with zero attached hydrogens (tertiary/aromatic N) is 2. The molecule has 116 valence electrons. The molecule has 1 aliphatic heterocycles. The van der Waals surface area contributed by atoms with Gasteiger partial charge in [-0.05, 0) is 25.3 Å². The average molecular weight is 299 g/mol. The maximum atomic E-state index is 12.0. The lowest BCUT2D eigenvalue weighted by Gasteiger charge is -2.26. The fourth-order valence-electron chi connectivity index (χ4n) is 3.27. The molecular weight excluding hydrogens is 278 g/mol. The van der Waals surface area contributed by atoms with Crippen molar-refractivity contribution in [3.63, 3.8) is 0 Å². The minimum Gasteiger partial charge on any atom is -0.467 e. The van der Waals surface area contributed by atoms with Gasteiger partial charge in [-0.2, -0.15) is 0 Å². The van der Waals surface area contributed by atoms with Gasteiger partial charge in [-0.1, -0.05) is 18.2 Å². The molecule has 1 fully saturated rings. The van der Waals surface area contributed by atoms with E-state index >= 15 is 0 Å². The van der Waals surface area contributed by atoms with Crippen LogP contribution < -0.4 is 10.2 Å². The molecule has 0 amide bonds.